The van der Waals surface area contributed by atoms with E-state index in [-0.39, 0.29) is 34.0 Å². The summed E-state index contributed by atoms with van der Waals surface area (Å²) >= 11 is 0. The minimum absolute atomic E-state index is 0.137. The van der Waals surface area contributed by atoms with Gasteiger partial charge in [0.1, 0.15) is 23.0 Å². The maximum absolute atomic E-state index is 12.7. The zero-order valence-corrected chi connectivity index (χ0v) is 39.0. The highest BCUT2D eigenvalue weighted by molar-refractivity contribution is 5.71. The summed E-state index contributed by atoms with van der Waals surface area (Å²) in [6.07, 6.45) is 3.74. The van der Waals surface area contributed by atoms with Crippen molar-refractivity contribution in [2.75, 3.05) is 26.9 Å². The fourth-order valence-corrected chi connectivity index (χ4v) is 7.79. The molecule has 0 radical (unpaired) electrons. The Hall–Kier alpha value is -4.45. The number of fused-ring (bicyclic) bond motifs is 8. The number of phenolic OH excluding ortho intramolecular Hbond substituents is 1. The molecule has 0 unspecified atom stereocenters. The molecule has 8 bridgehead atoms. The van der Waals surface area contributed by atoms with E-state index < -0.39 is 5.97 Å². The van der Waals surface area contributed by atoms with E-state index in [2.05, 4.69) is 145 Å². The van der Waals surface area contributed by atoms with E-state index in [0.29, 0.717) is 44.6 Å². The molecule has 320 valence electrons. The van der Waals surface area contributed by atoms with Gasteiger partial charge in [0, 0.05) is 25.7 Å². The number of methoxy groups -OCH3 is 1. The van der Waals surface area contributed by atoms with Gasteiger partial charge in [0.2, 0.25) is 0 Å². The van der Waals surface area contributed by atoms with Gasteiger partial charge in [-0.2, -0.15) is 0 Å². The maximum atomic E-state index is 12.7. The average molecular weight is 805 g/mol. The van der Waals surface area contributed by atoms with Crippen molar-refractivity contribution >= 4 is 5.97 Å². The van der Waals surface area contributed by atoms with Crippen molar-refractivity contribution in [3.05, 3.63) is 115 Å². The molecule has 59 heavy (non-hydrogen) atoms. The van der Waals surface area contributed by atoms with Crippen LogP contribution in [0.3, 0.4) is 0 Å². The highest BCUT2D eigenvalue weighted by atomic mass is 16.6. The van der Waals surface area contributed by atoms with Crippen LogP contribution in [-0.2, 0) is 56.9 Å². The first-order valence-corrected chi connectivity index (χ1v) is 21.7. The molecule has 0 aromatic heterocycles. The van der Waals surface area contributed by atoms with Crippen molar-refractivity contribution in [2.45, 2.75) is 157 Å². The van der Waals surface area contributed by atoms with Crippen molar-refractivity contribution < 1.29 is 28.8 Å². The molecule has 0 saturated heterocycles. The molecule has 6 nitrogen and oxygen atoms in total. The third-order valence-corrected chi connectivity index (χ3v) is 11.4. The summed E-state index contributed by atoms with van der Waals surface area (Å²) in [5.41, 5.74) is 11.9. The second-order valence-electron chi connectivity index (χ2n) is 20.8. The molecule has 1 aliphatic rings. The standard InChI is InChI=1S/C53H72O6/c1-16-18-57-47-35-20-33-24-41(50(3,4)5)25-34(46(33)55)21-36-27-43(52(9,10)11)31-40(49(36)59-32-45(54)56-15)23-39-30-44(53(12,13)14)29-38(48(39)58-19-17-2)22-37(47)28-42(26-35)51(6,7)8/h24-31,55H,16-23,32H2,1-15H3. The summed E-state index contributed by atoms with van der Waals surface area (Å²) in [6.45, 7) is 32.1. The molecular weight excluding hydrogens is 733 g/mol. The lowest BCUT2D eigenvalue weighted by Gasteiger charge is -2.29. The number of hydrogen-bond donors (Lipinski definition) is 1. The second-order valence-corrected chi connectivity index (χ2v) is 20.8. The number of carbonyl (C=O) groups excluding carboxylic acids is 1. The highest BCUT2D eigenvalue weighted by Crippen LogP contribution is 2.44. The molecule has 0 fully saturated rings. The minimum atomic E-state index is -0.454. The van der Waals surface area contributed by atoms with Gasteiger partial charge in [-0.15, -0.1) is 0 Å². The Kier molecular flexibility index (Phi) is 13.6. The Morgan fingerprint density at radius 1 is 0.475 bits per heavy atom. The molecule has 1 aliphatic carbocycles. The molecule has 0 heterocycles. The van der Waals surface area contributed by atoms with Crippen molar-refractivity contribution in [1.29, 1.82) is 0 Å². The first kappa shape index (κ1) is 45.6. The zero-order chi connectivity index (χ0) is 43.7. The lowest BCUT2D eigenvalue weighted by molar-refractivity contribution is -0.142. The van der Waals surface area contributed by atoms with Crippen LogP contribution in [0.5, 0.6) is 23.0 Å². The SMILES string of the molecule is CCCOc1c2cc(C(C)(C)C)cc1Cc1cc(C(C)(C)C)cc(c1OCCC)Cc1cc(C(C)(C)C)cc(c1OCC(=O)OC)Cc1cc(C(C)(C)C)cc(c1O)C2. The topological polar surface area (TPSA) is 74.2 Å². The Morgan fingerprint density at radius 2 is 0.729 bits per heavy atom. The maximum Gasteiger partial charge on any atom is 0.343 e. The molecule has 0 spiro atoms. The normalized spacial score (nSPS) is 13.5. The van der Waals surface area contributed by atoms with Gasteiger partial charge in [-0.25, -0.2) is 4.79 Å². The number of carbonyl (C=O) groups is 1. The predicted octanol–water partition coefficient (Wildman–Crippen LogP) is 12.4. The van der Waals surface area contributed by atoms with E-state index in [1.54, 1.807) is 0 Å². The van der Waals surface area contributed by atoms with Crippen LogP contribution in [0.1, 0.15) is 177 Å². The summed E-state index contributed by atoms with van der Waals surface area (Å²) in [4.78, 5) is 12.7. The Morgan fingerprint density at radius 3 is 0.983 bits per heavy atom. The molecule has 0 aliphatic heterocycles. The van der Waals surface area contributed by atoms with Gasteiger partial charge >= 0.3 is 5.97 Å². The first-order chi connectivity index (χ1) is 27.4. The monoisotopic (exact) mass is 805 g/mol. The Balaban J connectivity index is 1.99. The molecule has 0 atom stereocenters. The Labute approximate surface area is 356 Å². The van der Waals surface area contributed by atoms with E-state index in [1.165, 1.54) is 18.2 Å². The van der Waals surface area contributed by atoms with Crippen LogP contribution in [0, 0.1) is 0 Å². The van der Waals surface area contributed by atoms with Crippen LogP contribution < -0.4 is 14.2 Å². The molecule has 0 amide bonds. The molecule has 6 heteroatoms. The number of esters is 1. The Bertz CT molecular complexity index is 2150. The highest BCUT2D eigenvalue weighted by Gasteiger charge is 2.29. The van der Waals surface area contributed by atoms with Crippen LogP contribution in [0.15, 0.2) is 48.5 Å². The number of phenols is 1. The van der Waals surface area contributed by atoms with E-state index in [0.717, 1.165) is 80.0 Å². The van der Waals surface area contributed by atoms with Gasteiger partial charge in [0.25, 0.3) is 0 Å². The van der Waals surface area contributed by atoms with Crippen molar-refractivity contribution in [2.24, 2.45) is 0 Å². The van der Waals surface area contributed by atoms with Gasteiger partial charge < -0.3 is 24.1 Å². The lowest BCUT2D eigenvalue weighted by atomic mass is 9.79. The number of aromatic hydroxyl groups is 1. The van der Waals surface area contributed by atoms with Crippen LogP contribution in [0.2, 0.25) is 0 Å². The number of benzene rings is 4. The smallest absolute Gasteiger partial charge is 0.343 e. The van der Waals surface area contributed by atoms with Crippen LogP contribution in [-0.4, -0.2) is 38.0 Å². The fraction of sp³-hybridized carbons (Fsp3) is 0.528. The molecule has 4 aromatic rings. The van der Waals surface area contributed by atoms with Crippen molar-refractivity contribution in [1.82, 2.24) is 0 Å². The number of rotatable bonds is 9. The molecule has 4 aromatic carbocycles. The molecule has 0 saturated carbocycles. The summed E-state index contributed by atoms with van der Waals surface area (Å²) in [5.74, 6) is 2.22. The van der Waals surface area contributed by atoms with Gasteiger partial charge in [-0.3, -0.25) is 0 Å². The summed E-state index contributed by atoms with van der Waals surface area (Å²) in [7, 11) is 1.38. The quantitative estimate of drug-likeness (QED) is 0.150. The van der Waals surface area contributed by atoms with E-state index >= 15 is 0 Å². The van der Waals surface area contributed by atoms with E-state index in [9.17, 15) is 9.90 Å². The van der Waals surface area contributed by atoms with E-state index in [1.807, 2.05) is 0 Å². The van der Waals surface area contributed by atoms with Gasteiger partial charge in [-0.05, 0) is 101 Å². The van der Waals surface area contributed by atoms with Crippen molar-refractivity contribution in [3.63, 3.8) is 0 Å². The second kappa shape index (κ2) is 17.6. The van der Waals surface area contributed by atoms with Gasteiger partial charge in [0.05, 0.1) is 20.3 Å². The molecule has 1 N–H and O–H groups in total. The number of ether oxygens (including phenoxy) is 4. The van der Waals surface area contributed by atoms with Gasteiger partial charge in [-0.1, -0.05) is 145 Å². The van der Waals surface area contributed by atoms with Crippen LogP contribution in [0.25, 0.3) is 0 Å². The fourth-order valence-electron chi connectivity index (χ4n) is 7.79. The molecular formula is C53H72O6. The minimum Gasteiger partial charge on any atom is -0.507 e. The van der Waals surface area contributed by atoms with Crippen LogP contribution in [0.4, 0.5) is 0 Å². The molecule has 5 rings (SSSR count). The lowest BCUT2D eigenvalue weighted by Crippen LogP contribution is -2.18. The van der Waals surface area contributed by atoms with Crippen LogP contribution >= 0.6 is 0 Å². The predicted molar refractivity (Wildman–Crippen MR) is 243 cm³/mol. The summed E-state index contributed by atoms with van der Waals surface area (Å²) < 4.78 is 25.3. The third-order valence-electron chi connectivity index (χ3n) is 11.4. The van der Waals surface area contributed by atoms with Crippen molar-refractivity contribution in [3.8, 4) is 23.0 Å². The van der Waals surface area contributed by atoms with Gasteiger partial charge in [0.15, 0.2) is 6.61 Å². The largest absolute Gasteiger partial charge is 0.507 e. The number of hydrogen-bond acceptors (Lipinski definition) is 6. The summed E-state index contributed by atoms with van der Waals surface area (Å²) in [5, 5.41) is 12.4. The summed E-state index contributed by atoms with van der Waals surface area (Å²) in [6, 6.07) is 18.0. The average Bonchev–Trinajstić information content (AvgIpc) is 3.12. The first-order valence-electron chi connectivity index (χ1n) is 21.7. The third kappa shape index (κ3) is 10.8. The van der Waals surface area contributed by atoms with E-state index in [4.69, 9.17) is 18.9 Å². The zero-order valence-electron chi connectivity index (χ0n) is 39.0.